The predicted molar refractivity (Wildman–Crippen MR) is 104 cm³/mol. The second-order valence-electron chi connectivity index (χ2n) is 5.54. The van der Waals surface area contributed by atoms with Crippen molar-refractivity contribution in [3.63, 3.8) is 0 Å². The third kappa shape index (κ3) is 4.13. The van der Waals surface area contributed by atoms with Crippen LogP contribution in [0.4, 0.5) is 8.78 Å². The van der Waals surface area contributed by atoms with Gasteiger partial charge in [-0.05, 0) is 29.8 Å². The van der Waals surface area contributed by atoms with E-state index in [0.29, 0.717) is 11.5 Å². The zero-order chi connectivity index (χ0) is 18.7. The molecule has 0 saturated heterocycles. The van der Waals surface area contributed by atoms with Gasteiger partial charge in [-0.15, -0.1) is 0 Å². The van der Waals surface area contributed by atoms with Crippen LogP contribution >= 0.6 is 22.9 Å². The van der Waals surface area contributed by atoms with Crippen LogP contribution in [-0.4, -0.2) is 15.6 Å². The van der Waals surface area contributed by atoms with Gasteiger partial charge in [-0.3, -0.25) is 4.79 Å². The monoisotopic (exact) mass is 466 g/mol. The molecule has 0 aliphatic heterocycles. The zero-order valence-electron chi connectivity index (χ0n) is 13.4. The Bertz CT molecular complexity index is 1030. The Morgan fingerprint density at radius 3 is 2.54 bits per heavy atom. The van der Waals surface area contributed by atoms with Crippen molar-refractivity contribution in [2.75, 3.05) is 0 Å². The second-order valence-corrected chi connectivity index (χ2v) is 6.03. The fourth-order valence-corrected chi connectivity index (χ4v) is 2.75. The molecule has 0 aliphatic carbocycles. The Labute approximate surface area is 161 Å². The minimum atomic E-state index is -0.708. The Balaban J connectivity index is 1.98. The summed E-state index contributed by atoms with van der Waals surface area (Å²) >= 11 is 1.81. The highest BCUT2D eigenvalue weighted by molar-refractivity contribution is 14.1. The highest BCUT2D eigenvalue weighted by Crippen LogP contribution is 2.18. The highest BCUT2D eigenvalue weighted by atomic mass is 127. The van der Waals surface area contributed by atoms with Gasteiger partial charge in [0.1, 0.15) is 17.5 Å². The van der Waals surface area contributed by atoms with Crippen LogP contribution in [0.15, 0.2) is 62.6 Å². The summed E-state index contributed by atoms with van der Waals surface area (Å²) in [4.78, 5) is 12.1. The molecule has 132 valence electrons. The Hall–Kier alpha value is -2.62. The van der Waals surface area contributed by atoms with Crippen molar-refractivity contribution in [1.82, 2.24) is 9.78 Å². The Morgan fingerprint density at radius 1 is 1.12 bits per heavy atom. The van der Waals surface area contributed by atoms with Crippen molar-refractivity contribution in [2.45, 2.75) is 6.54 Å². The van der Waals surface area contributed by atoms with E-state index < -0.39 is 11.6 Å². The van der Waals surface area contributed by atoms with Gasteiger partial charge >= 0.3 is 0 Å². The topological polar surface area (TPSA) is 73.3 Å². The van der Waals surface area contributed by atoms with Gasteiger partial charge < -0.3 is 5.73 Å². The van der Waals surface area contributed by atoms with Crippen molar-refractivity contribution in [1.29, 1.82) is 0 Å². The average molecular weight is 466 g/mol. The standard InChI is InChI=1S/C18H13F2IN4O/c19-14-7-13(8-15(20)9-14)16-4-5-17(26)25(24-16)10-11-2-1-3-12(6-11)18(22)23-21/h1-9H,10H2,(H2,22,23). The molecule has 0 bridgehead atoms. The molecule has 8 heteroatoms. The normalized spacial score (nSPS) is 11.6. The fraction of sp³-hybridized carbons (Fsp3) is 0.0556. The summed E-state index contributed by atoms with van der Waals surface area (Å²) in [6.07, 6.45) is 0. The van der Waals surface area contributed by atoms with Crippen molar-refractivity contribution in [3.05, 3.63) is 87.7 Å². The number of rotatable bonds is 4. The van der Waals surface area contributed by atoms with Gasteiger partial charge in [0.2, 0.25) is 0 Å². The van der Waals surface area contributed by atoms with Crippen LogP contribution in [0, 0.1) is 11.6 Å². The Morgan fingerprint density at radius 2 is 1.85 bits per heavy atom. The molecule has 0 spiro atoms. The van der Waals surface area contributed by atoms with E-state index in [1.54, 1.807) is 12.1 Å². The van der Waals surface area contributed by atoms with Gasteiger partial charge in [0, 0.05) is 23.3 Å². The van der Waals surface area contributed by atoms with Crippen LogP contribution < -0.4 is 11.3 Å². The molecule has 5 nitrogen and oxygen atoms in total. The molecule has 3 aromatic rings. The number of hydrogen-bond acceptors (Lipinski definition) is 3. The van der Waals surface area contributed by atoms with Gasteiger partial charge in [0.05, 0.1) is 35.1 Å². The first kappa shape index (κ1) is 18.2. The third-order valence-electron chi connectivity index (χ3n) is 3.67. The summed E-state index contributed by atoms with van der Waals surface area (Å²) in [5, 5.41) is 4.22. The van der Waals surface area contributed by atoms with E-state index in [1.807, 2.05) is 35.0 Å². The highest BCUT2D eigenvalue weighted by Gasteiger charge is 2.08. The van der Waals surface area contributed by atoms with Crippen LogP contribution in [0.25, 0.3) is 11.3 Å². The number of nitrogens with zero attached hydrogens (tertiary/aromatic N) is 3. The summed E-state index contributed by atoms with van der Waals surface area (Å²) in [5.41, 5.74) is 7.55. The van der Waals surface area contributed by atoms with Crippen LogP contribution in [0.5, 0.6) is 0 Å². The van der Waals surface area contributed by atoms with Crippen LogP contribution in [0.1, 0.15) is 11.1 Å². The lowest BCUT2D eigenvalue weighted by Crippen LogP contribution is -2.23. The van der Waals surface area contributed by atoms with E-state index in [4.69, 9.17) is 5.73 Å². The maximum atomic E-state index is 13.4. The Kier molecular flexibility index (Phi) is 5.40. The number of amidine groups is 1. The lowest BCUT2D eigenvalue weighted by molar-refractivity contribution is 0.583. The molecular weight excluding hydrogens is 453 g/mol. The van der Waals surface area contributed by atoms with Gasteiger partial charge in [-0.1, -0.05) is 18.2 Å². The lowest BCUT2D eigenvalue weighted by atomic mass is 10.1. The van der Waals surface area contributed by atoms with Crippen molar-refractivity contribution < 1.29 is 8.78 Å². The predicted octanol–water partition coefficient (Wildman–Crippen LogP) is 3.29. The largest absolute Gasteiger partial charge is 0.383 e. The second kappa shape index (κ2) is 7.73. The molecule has 0 aliphatic rings. The van der Waals surface area contributed by atoms with Crippen molar-refractivity contribution in [2.24, 2.45) is 8.94 Å². The first-order chi connectivity index (χ1) is 12.5. The van der Waals surface area contributed by atoms with Gasteiger partial charge in [0.15, 0.2) is 0 Å². The number of benzene rings is 2. The summed E-state index contributed by atoms with van der Waals surface area (Å²) < 4.78 is 32.0. The van der Waals surface area contributed by atoms with Crippen molar-refractivity contribution in [3.8, 4) is 11.3 Å². The summed E-state index contributed by atoms with van der Waals surface area (Å²) in [6.45, 7) is 0.187. The molecule has 0 radical (unpaired) electrons. The molecule has 1 aromatic heterocycles. The molecule has 26 heavy (non-hydrogen) atoms. The smallest absolute Gasteiger partial charge is 0.267 e. The van der Waals surface area contributed by atoms with E-state index in [1.165, 1.54) is 28.9 Å². The van der Waals surface area contributed by atoms with E-state index in [9.17, 15) is 13.6 Å². The van der Waals surface area contributed by atoms with Gasteiger partial charge in [-0.2, -0.15) is 8.30 Å². The quantitative estimate of drug-likeness (QED) is 0.365. The van der Waals surface area contributed by atoms with E-state index in [-0.39, 0.29) is 17.7 Å². The maximum Gasteiger partial charge on any atom is 0.267 e. The average Bonchev–Trinajstić information content (AvgIpc) is 2.62. The SMILES string of the molecule is NC(=NI)c1cccc(Cn2nc(-c3cc(F)cc(F)c3)ccc2=O)c1. The number of halogens is 3. The summed E-state index contributed by atoms with van der Waals surface area (Å²) in [7, 11) is 0. The molecule has 0 amide bonds. The lowest BCUT2D eigenvalue weighted by Gasteiger charge is -2.09. The number of aromatic nitrogens is 2. The minimum absolute atomic E-state index is 0.187. The van der Waals surface area contributed by atoms with Crippen LogP contribution in [-0.2, 0) is 6.54 Å². The summed E-state index contributed by atoms with van der Waals surface area (Å²) in [6, 6.07) is 13.1. The first-order valence-electron chi connectivity index (χ1n) is 7.54. The molecular formula is C18H13F2IN4O. The first-order valence-corrected chi connectivity index (χ1v) is 8.51. The van der Waals surface area contributed by atoms with Gasteiger partial charge in [-0.25, -0.2) is 13.5 Å². The van der Waals surface area contributed by atoms with E-state index in [2.05, 4.69) is 8.30 Å². The number of hydrogen-bond donors (Lipinski definition) is 1. The number of nitrogens with two attached hydrogens (primary N) is 1. The maximum absolute atomic E-state index is 13.4. The molecule has 0 saturated carbocycles. The molecule has 0 unspecified atom stereocenters. The van der Waals surface area contributed by atoms with Crippen LogP contribution in [0.3, 0.4) is 0 Å². The molecule has 0 atom stereocenters. The fourth-order valence-electron chi connectivity index (χ4n) is 2.47. The molecule has 0 fully saturated rings. The van der Waals surface area contributed by atoms with Crippen LogP contribution in [0.2, 0.25) is 0 Å². The third-order valence-corrected chi connectivity index (χ3v) is 4.19. The summed E-state index contributed by atoms with van der Waals surface area (Å²) in [5.74, 6) is -1.04. The zero-order valence-corrected chi connectivity index (χ0v) is 15.5. The minimum Gasteiger partial charge on any atom is -0.383 e. The molecule has 3 rings (SSSR count). The van der Waals surface area contributed by atoms with Gasteiger partial charge in [0.25, 0.3) is 5.56 Å². The molecule has 2 N–H and O–H groups in total. The molecule has 1 heterocycles. The van der Waals surface area contributed by atoms with Crippen molar-refractivity contribution >= 4 is 28.7 Å². The van der Waals surface area contributed by atoms with E-state index in [0.717, 1.165) is 17.2 Å². The molecule has 2 aromatic carbocycles. The van der Waals surface area contributed by atoms with E-state index >= 15 is 0 Å².